The van der Waals surface area contributed by atoms with Gasteiger partial charge >= 0.3 is 0 Å². The second-order valence-electron chi connectivity index (χ2n) is 15.1. The average Bonchev–Trinajstić information content (AvgIpc) is 2.98. The molecule has 0 radical (unpaired) electrons. The predicted molar refractivity (Wildman–Crippen MR) is 199 cm³/mol. The Kier molecular flexibility index (Phi) is 33.9. The van der Waals surface area contributed by atoms with Crippen molar-refractivity contribution in [1.82, 2.24) is 0 Å². The Morgan fingerprint density at radius 2 is 0.628 bits per heavy atom. The van der Waals surface area contributed by atoms with Crippen LogP contribution >= 0.6 is 0 Å². The molecule has 256 valence electrons. The third-order valence-corrected chi connectivity index (χ3v) is 9.46. The fraction of sp³-hybridized carbons (Fsp3) is 0.905. The second kappa shape index (κ2) is 34.3. The van der Waals surface area contributed by atoms with Crippen LogP contribution in [0.4, 0.5) is 0 Å². The first-order chi connectivity index (χ1) is 21.0. The highest BCUT2D eigenvalue weighted by molar-refractivity contribution is 4.82. The van der Waals surface area contributed by atoms with Gasteiger partial charge < -0.3 is 4.48 Å². The Hall–Kier alpha value is -0.560. The van der Waals surface area contributed by atoms with E-state index in [0.29, 0.717) is 0 Å². The SMILES string of the molecule is CCCCCCCC/C=C\CCCCCCCCC(CCCCCCCC/C=C\CCCCCCCC)CC[N+](C)(C)C. The van der Waals surface area contributed by atoms with E-state index in [1.807, 2.05) is 0 Å². The summed E-state index contributed by atoms with van der Waals surface area (Å²) in [5.41, 5.74) is 0. The van der Waals surface area contributed by atoms with Crippen LogP contribution in [-0.4, -0.2) is 32.2 Å². The molecule has 0 fully saturated rings. The molecule has 0 unspecified atom stereocenters. The first-order valence-corrected chi connectivity index (χ1v) is 20.1. The van der Waals surface area contributed by atoms with Crippen LogP contribution in [0.1, 0.15) is 213 Å². The van der Waals surface area contributed by atoms with Crippen molar-refractivity contribution in [3.8, 4) is 0 Å². The van der Waals surface area contributed by atoms with Gasteiger partial charge in [0.25, 0.3) is 0 Å². The van der Waals surface area contributed by atoms with Crippen molar-refractivity contribution in [2.24, 2.45) is 5.92 Å². The van der Waals surface area contributed by atoms with Gasteiger partial charge in [0.05, 0.1) is 27.7 Å². The summed E-state index contributed by atoms with van der Waals surface area (Å²) in [6.07, 6.45) is 53.7. The summed E-state index contributed by atoms with van der Waals surface area (Å²) in [7, 11) is 7.10. The van der Waals surface area contributed by atoms with Crippen LogP contribution in [0.3, 0.4) is 0 Å². The zero-order chi connectivity index (χ0) is 31.5. The molecule has 0 saturated heterocycles. The van der Waals surface area contributed by atoms with Crippen LogP contribution < -0.4 is 0 Å². The molecule has 0 amide bonds. The van der Waals surface area contributed by atoms with Crippen LogP contribution in [0.5, 0.6) is 0 Å². The molecule has 0 aromatic carbocycles. The summed E-state index contributed by atoms with van der Waals surface area (Å²) in [6.45, 7) is 5.94. The number of nitrogens with zero attached hydrogens (tertiary/aromatic N) is 1. The molecule has 0 rings (SSSR count). The minimum absolute atomic E-state index is 0.964. The van der Waals surface area contributed by atoms with Crippen LogP contribution in [0.15, 0.2) is 24.3 Å². The maximum absolute atomic E-state index is 2.46. The monoisotopic (exact) mass is 603 g/mol. The minimum atomic E-state index is 0.964. The van der Waals surface area contributed by atoms with Crippen LogP contribution in [-0.2, 0) is 0 Å². The van der Waals surface area contributed by atoms with E-state index >= 15 is 0 Å². The molecule has 0 aliphatic heterocycles. The van der Waals surface area contributed by atoms with Crippen molar-refractivity contribution in [3.05, 3.63) is 24.3 Å². The quantitative estimate of drug-likeness (QED) is 0.0384. The first-order valence-electron chi connectivity index (χ1n) is 20.1. The van der Waals surface area contributed by atoms with Crippen molar-refractivity contribution in [2.75, 3.05) is 27.7 Å². The molecule has 0 aliphatic carbocycles. The summed E-state index contributed by atoms with van der Waals surface area (Å²) in [4.78, 5) is 0. The lowest BCUT2D eigenvalue weighted by Gasteiger charge is -2.27. The smallest absolute Gasteiger partial charge is 0.0783 e. The zero-order valence-electron chi connectivity index (χ0n) is 31.0. The highest BCUT2D eigenvalue weighted by atomic mass is 15.3. The van der Waals surface area contributed by atoms with Gasteiger partial charge in [0.2, 0.25) is 0 Å². The average molecular weight is 603 g/mol. The summed E-state index contributed by atoms with van der Waals surface area (Å²) in [5.74, 6) is 0.964. The molecular weight excluding hydrogens is 518 g/mol. The van der Waals surface area contributed by atoms with Crippen molar-refractivity contribution in [3.63, 3.8) is 0 Å². The van der Waals surface area contributed by atoms with Crippen LogP contribution in [0.2, 0.25) is 0 Å². The van der Waals surface area contributed by atoms with E-state index in [1.165, 1.54) is 206 Å². The van der Waals surface area contributed by atoms with E-state index in [4.69, 9.17) is 0 Å². The molecule has 0 spiro atoms. The lowest BCUT2D eigenvalue weighted by atomic mass is 9.91. The fourth-order valence-corrected chi connectivity index (χ4v) is 6.36. The topological polar surface area (TPSA) is 0 Å². The molecule has 1 nitrogen and oxygen atoms in total. The van der Waals surface area contributed by atoms with Gasteiger partial charge in [-0.05, 0) is 63.7 Å². The Labute approximate surface area is 274 Å². The maximum atomic E-state index is 2.46. The fourth-order valence-electron chi connectivity index (χ4n) is 6.36. The lowest BCUT2D eigenvalue weighted by molar-refractivity contribution is -0.871. The van der Waals surface area contributed by atoms with Gasteiger partial charge in [0.15, 0.2) is 0 Å². The summed E-state index contributed by atoms with van der Waals surface area (Å²) < 4.78 is 1.12. The molecule has 0 heterocycles. The van der Waals surface area contributed by atoms with Gasteiger partial charge in [-0.3, -0.25) is 0 Å². The largest absolute Gasteiger partial charge is 0.331 e. The number of allylic oxidation sites excluding steroid dienone is 4. The zero-order valence-corrected chi connectivity index (χ0v) is 31.0. The molecule has 43 heavy (non-hydrogen) atoms. The van der Waals surface area contributed by atoms with E-state index in [2.05, 4.69) is 59.3 Å². The Morgan fingerprint density at radius 1 is 0.349 bits per heavy atom. The number of hydrogen-bond acceptors (Lipinski definition) is 0. The number of quaternary nitrogens is 1. The van der Waals surface area contributed by atoms with Gasteiger partial charge in [0, 0.05) is 0 Å². The summed E-state index contributed by atoms with van der Waals surface area (Å²) in [5, 5.41) is 0. The molecule has 0 atom stereocenters. The Bertz CT molecular complexity index is 526. The number of rotatable bonds is 35. The van der Waals surface area contributed by atoms with E-state index in [9.17, 15) is 0 Å². The Morgan fingerprint density at radius 3 is 0.930 bits per heavy atom. The van der Waals surface area contributed by atoms with E-state index in [0.717, 1.165) is 10.4 Å². The molecule has 0 N–H and O–H groups in total. The van der Waals surface area contributed by atoms with Gasteiger partial charge in [-0.1, -0.05) is 179 Å². The highest BCUT2D eigenvalue weighted by Gasteiger charge is 2.14. The third kappa shape index (κ3) is 37.5. The van der Waals surface area contributed by atoms with E-state index in [1.54, 1.807) is 0 Å². The van der Waals surface area contributed by atoms with Gasteiger partial charge in [-0.2, -0.15) is 0 Å². The predicted octanol–water partition coefficient (Wildman–Crippen LogP) is 14.6. The number of unbranched alkanes of at least 4 members (excludes halogenated alkanes) is 24. The van der Waals surface area contributed by atoms with Crippen molar-refractivity contribution >= 4 is 0 Å². The molecular formula is C42H84N+. The number of hydrogen-bond donors (Lipinski definition) is 0. The van der Waals surface area contributed by atoms with Gasteiger partial charge in [0.1, 0.15) is 0 Å². The third-order valence-electron chi connectivity index (χ3n) is 9.46. The van der Waals surface area contributed by atoms with Crippen LogP contribution in [0, 0.1) is 5.92 Å². The van der Waals surface area contributed by atoms with E-state index in [-0.39, 0.29) is 0 Å². The van der Waals surface area contributed by atoms with Gasteiger partial charge in [-0.25, -0.2) is 0 Å². The lowest BCUT2D eigenvalue weighted by Crippen LogP contribution is -2.36. The second-order valence-corrected chi connectivity index (χ2v) is 15.1. The van der Waals surface area contributed by atoms with E-state index < -0.39 is 0 Å². The molecule has 0 aliphatic rings. The van der Waals surface area contributed by atoms with Crippen molar-refractivity contribution in [1.29, 1.82) is 0 Å². The molecule has 0 aromatic heterocycles. The Balaban J connectivity index is 3.73. The molecule has 0 bridgehead atoms. The van der Waals surface area contributed by atoms with Gasteiger partial charge in [-0.15, -0.1) is 0 Å². The van der Waals surface area contributed by atoms with Crippen LogP contribution in [0.25, 0.3) is 0 Å². The maximum Gasteiger partial charge on any atom is 0.0783 e. The van der Waals surface area contributed by atoms with Crippen molar-refractivity contribution in [2.45, 2.75) is 213 Å². The molecule has 0 aromatic rings. The molecule has 0 saturated carbocycles. The summed E-state index contributed by atoms with van der Waals surface area (Å²) >= 11 is 0. The summed E-state index contributed by atoms with van der Waals surface area (Å²) in [6, 6.07) is 0. The first kappa shape index (κ1) is 42.4. The minimum Gasteiger partial charge on any atom is -0.331 e. The van der Waals surface area contributed by atoms with Crippen molar-refractivity contribution < 1.29 is 4.48 Å². The highest BCUT2D eigenvalue weighted by Crippen LogP contribution is 2.23. The standard InChI is InChI=1S/C42H84N/c1-6-8-10-12-14-16-18-20-22-24-26-28-30-32-34-36-38-42(40-41-43(3,4)5)39-37-35-33-31-29-27-25-23-21-19-17-15-13-11-9-7-2/h20-23,42H,6-19,24-41H2,1-5H3/q+1/b22-20-,23-21-. The normalized spacial score (nSPS) is 12.5. The molecule has 1 heteroatoms.